The Morgan fingerprint density at radius 1 is 1.29 bits per heavy atom. The van der Waals surface area contributed by atoms with Crippen molar-refractivity contribution in [1.82, 2.24) is 4.98 Å². The summed E-state index contributed by atoms with van der Waals surface area (Å²) in [6, 6.07) is 12.2. The molecule has 1 aliphatic rings. The van der Waals surface area contributed by atoms with Gasteiger partial charge in [0.25, 0.3) is 0 Å². The van der Waals surface area contributed by atoms with Crippen molar-refractivity contribution in [3.05, 3.63) is 58.7 Å². The summed E-state index contributed by atoms with van der Waals surface area (Å²) in [4.78, 5) is 6.55. The summed E-state index contributed by atoms with van der Waals surface area (Å²) in [7, 11) is 0. The van der Waals surface area contributed by atoms with Gasteiger partial charge in [-0.3, -0.25) is 5.41 Å². The van der Waals surface area contributed by atoms with Gasteiger partial charge in [0.1, 0.15) is 11.7 Å². The minimum absolute atomic E-state index is 0.0255. The molecule has 1 fully saturated rings. The van der Waals surface area contributed by atoms with Gasteiger partial charge in [0.05, 0.1) is 5.02 Å². The van der Waals surface area contributed by atoms with Crippen molar-refractivity contribution >= 4 is 23.3 Å². The normalized spacial score (nSPS) is 18.0. The average molecular weight is 301 g/mol. The zero-order valence-corrected chi connectivity index (χ0v) is 12.3. The van der Waals surface area contributed by atoms with Crippen molar-refractivity contribution in [3.8, 4) is 0 Å². The number of hydrogen-bond donors (Lipinski definition) is 2. The van der Waals surface area contributed by atoms with Gasteiger partial charge in [-0.25, -0.2) is 4.98 Å². The van der Waals surface area contributed by atoms with E-state index in [1.54, 1.807) is 12.3 Å². The van der Waals surface area contributed by atoms with Crippen LogP contribution in [0.1, 0.15) is 23.5 Å². The Bertz CT molecular complexity index is 657. The number of benzene rings is 1. The minimum atomic E-state index is -0.0255. The quantitative estimate of drug-likeness (QED) is 0.676. The molecule has 1 aliphatic heterocycles. The van der Waals surface area contributed by atoms with E-state index in [1.807, 2.05) is 6.07 Å². The van der Waals surface area contributed by atoms with Gasteiger partial charge in [0.2, 0.25) is 0 Å². The molecule has 1 aromatic carbocycles. The zero-order chi connectivity index (χ0) is 14.8. The summed E-state index contributed by atoms with van der Waals surface area (Å²) in [5.41, 5.74) is 7.45. The molecule has 1 atom stereocenters. The van der Waals surface area contributed by atoms with Crippen molar-refractivity contribution in [1.29, 1.82) is 5.41 Å². The van der Waals surface area contributed by atoms with Gasteiger partial charge in [-0.1, -0.05) is 41.9 Å². The zero-order valence-electron chi connectivity index (χ0n) is 11.6. The van der Waals surface area contributed by atoms with Crippen LogP contribution in [0.25, 0.3) is 0 Å². The molecule has 0 aliphatic carbocycles. The van der Waals surface area contributed by atoms with Crippen LogP contribution in [-0.4, -0.2) is 23.9 Å². The van der Waals surface area contributed by atoms with Crippen LogP contribution in [0.5, 0.6) is 0 Å². The molecular weight excluding hydrogens is 284 g/mol. The molecule has 1 unspecified atom stereocenters. The molecule has 0 spiro atoms. The third kappa shape index (κ3) is 2.72. The van der Waals surface area contributed by atoms with Gasteiger partial charge in [-0.15, -0.1) is 0 Å². The summed E-state index contributed by atoms with van der Waals surface area (Å²) in [5.74, 6) is 1.19. The Hall–Kier alpha value is -2.07. The summed E-state index contributed by atoms with van der Waals surface area (Å²) in [6.07, 6.45) is 2.74. The van der Waals surface area contributed by atoms with E-state index in [2.05, 4.69) is 34.1 Å². The Balaban J connectivity index is 1.84. The van der Waals surface area contributed by atoms with Gasteiger partial charge < -0.3 is 10.6 Å². The number of hydrogen-bond acceptors (Lipinski definition) is 3. The molecule has 3 N–H and O–H groups in total. The number of nitrogens with two attached hydrogens (primary N) is 1. The number of pyridine rings is 1. The summed E-state index contributed by atoms with van der Waals surface area (Å²) in [5, 5.41) is 8.04. The minimum Gasteiger partial charge on any atom is -0.384 e. The average Bonchev–Trinajstić information content (AvgIpc) is 2.98. The SMILES string of the molecule is N=C(N)c1ccnc(N2CCC(c3ccccc3)C2)c1Cl. The Morgan fingerprint density at radius 2 is 2.05 bits per heavy atom. The number of nitrogens with zero attached hydrogens (tertiary/aromatic N) is 2. The number of nitrogen functional groups attached to an aromatic ring is 1. The smallest absolute Gasteiger partial charge is 0.148 e. The fraction of sp³-hybridized carbons (Fsp3) is 0.250. The second-order valence-corrected chi connectivity index (χ2v) is 5.63. The Labute approximate surface area is 129 Å². The molecule has 4 nitrogen and oxygen atoms in total. The van der Waals surface area contributed by atoms with E-state index in [9.17, 15) is 0 Å². The summed E-state index contributed by atoms with van der Waals surface area (Å²) >= 11 is 6.35. The van der Waals surface area contributed by atoms with Crippen LogP contribution < -0.4 is 10.6 Å². The predicted molar refractivity (Wildman–Crippen MR) is 86.3 cm³/mol. The molecule has 2 aromatic rings. The van der Waals surface area contributed by atoms with E-state index in [1.165, 1.54) is 5.56 Å². The Morgan fingerprint density at radius 3 is 2.76 bits per heavy atom. The molecule has 21 heavy (non-hydrogen) atoms. The topological polar surface area (TPSA) is 66.0 Å². The highest BCUT2D eigenvalue weighted by Gasteiger charge is 2.26. The lowest BCUT2D eigenvalue weighted by Crippen LogP contribution is -2.22. The van der Waals surface area contributed by atoms with Crippen LogP contribution in [0.4, 0.5) is 5.82 Å². The van der Waals surface area contributed by atoms with Gasteiger partial charge >= 0.3 is 0 Å². The van der Waals surface area contributed by atoms with E-state index in [0.717, 1.165) is 25.3 Å². The van der Waals surface area contributed by atoms with Crippen molar-refractivity contribution in [2.75, 3.05) is 18.0 Å². The summed E-state index contributed by atoms with van der Waals surface area (Å²) in [6.45, 7) is 1.80. The third-order valence-corrected chi connectivity index (χ3v) is 4.29. The van der Waals surface area contributed by atoms with Crippen LogP contribution in [0.15, 0.2) is 42.6 Å². The largest absolute Gasteiger partial charge is 0.384 e. The lowest BCUT2D eigenvalue weighted by Gasteiger charge is -2.20. The van der Waals surface area contributed by atoms with Gasteiger partial charge in [-0.2, -0.15) is 0 Å². The van der Waals surface area contributed by atoms with Crippen LogP contribution in [-0.2, 0) is 0 Å². The van der Waals surface area contributed by atoms with Crippen molar-refractivity contribution in [2.45, 2.75) is 12.3 Å². The van der Waals surface area contributed by atoms with Gasteiger partial charge in [0.15, 0.2) is 0 Å². The first-order chi connectivity index (χ1) is 10.2. The first kappa shape index (κ1) is 13.9. The van der Waals surface area contributed by atoms with E-state index in [4.69, 9.17) is 22.7 Å². The number of anilines is 1. The van der Waals surface area contributed by atoms with Crippen molar-refractivity contribution < 1.29 is 0 Å². The molecule has 2 heterocycles. The van der Waals surface area contributed by atoms with Crippen LogP contribution in [0.2, 0.25) is 5.02 Å². The second-order valence-electron chi connectivity index (χ2n) is 5.25. The number of rotatable bonds is 3. The fourth-order valence-electron chi connectivity index (χ4n) is 2.81. The molecule has 3 rings (SSSR count). The lowest BCUT2D eigenvalue weighted by molar-refractivity contribution is 0.774. The molecular formula is C16H17ClN4. The van der Waals surface area contributed by atoms with Gasteiger partial charge in [0, 0.05) is 30.8 Å². The lowest BCUT2D eigenvalue weighted by atomic mass is 9.99. The molecule has 0 radical (unpaired) electrons. The second kappa shape index (κ2) is 5.74. The van der Waals surface area contributed by atoms with Crippen LogP contribution in [0.3, 0.4) is 0 Å². The first-order valence-corrected chi connectivity index (χ1v) is 7.33. The highest BCUT2D eigenvalue weighted by molar-refractivity contribution is 6.36. The number of amidine groups is 1. The molecule has 0 amide bonds. The monoisotopic (exact) mass is 300 g/mol. The molecule has 1 saturated heterocycles. The maximum Gasteiger partial charge on any atom is 0.148 e. The number of halogens is 1. The predicted octanol–water partition coefficient (Wildman–Crippen LogP) is 3.01. The van der Waals surface area contributed by atoms with E-state index >= 15 is 0 Å². The number of nitrogens with one attached hydrogen (secondary N) is 1. The van der Waals surface area contributed by atoms with Crippen LogP contribution in [0, 0.1) is 5.41 Å². The first-order valence-electron chi connectivity index (χ1n) is 6.95. The van der Waals surface area contributed by atoms with Crippen molar-refractivity contribution in [3.63, 3.8) is 0 Å². The fourth-order valence-corrected chi connectivity index (χ4v) is 3.14. The van der Waals surface area contributed by atoms with E-state index in [-0.39, 0.29) is 5.84 Å². The molecule has 0 saturated carbocycles. The Kier molecular flexibility index (Phi) is 3.80. The molecule has 0 bridgehead atoms. The maximum atomic E-state index is 7.56. The molecule has 5 heteroatoms. The van der Waals surface area contributed by atoms with Crippen molar-refractivity contribution in [2.24, 2.45) is 5.73 Å². The standard InChI is InChI=1S/C16H17ClN4/c17-14-13(15(18)19)6-8-20-16(14)21-9-7-12(10-21)11-4-2-1-3-5-11/h1-6,8,12H,7,9-10H2,(H3,18,19). The number of aromatic nitrogens is 1. The molecule has 108 valence electrons. The highest BCUT2D eigenvalue weighted by Crippen LogP contribution is 2.34. The highest BCUT2D eigenvalue weighted by atomic mass is 35.5. The van der Waals surface area contributed by atoms with Crippen LogP contribution >= 0.6 is 11.6 Å². The third-order valence-electron chi connectivity index (χ3n) is 3.92. The maximum absolute atomic E-state index is 7.56. The van der Waals surface area contributed by atoms with Gasteiger partial charge in [-0.05, 0) is 18.1 Å². The van der Waals surface area contributed by atoms with E-state index in [0.29, 0.717) is 16.5 Å². The summed E-state index contributed by atoms with van der Waals surface area (Å²) < 4.78 is 0. The molecule has 1 aromatic heterocycles. The van der Waals surface area contributed by atoms with E-state index < -0.39 is 0 Å².